The van der Waals surface area contributed by atoms with Crippen LogP contribution in [0, 0.1) is 0 Å². The molecule has 5 aliphatic rings. The van der Waals surface area contributed by atoms with Crippen molar-refractivity contribution in [3.8, 4) is 0 Å². The van der Waals surface area contributed by atoms with Crippen LogP contribution in [0.25, 0.3) is 23.3 Å². The second-order valence-corrected chi connectivity index (χ2v) is 15.3. The molecule has 2 atom stereocenters. The first-order chi connectivity index (χ1) is 13.7. The average Bonchev–Trinajstić information content (AvgIpc) is 3.40. The number of hydrogen-bond acceptors (Lipinski definition) is 3. The Morgan fingerprint density at radius 3 is 1.63 bits per heavy atom. The predicted molar refractivity (Wildman–Crippen MR) is 126 cm³/mol. The molecule has 0 N–H and O–H groups in total. The van der Waals surface area contributed by atoms with Crippen molar-refractivity contribution in [2.75, 3.05) is 0 Å². The fraction of sp³-hybridized carbons (Fsp3) is 0.0909. The molecule has 0 saturated heterocycles. The van der Waals surface area contributed by atoms with E-state index in [1.165, 1.54) is 39.6 Å². The molecule has 0 spiro atoms. The van der Waals surface area contributed by atoms with Crippen molar-refractivity contribution in [2.24, 2.45) is 0 Å². The molecule has 2 aliphatic carbocycles. The maximum absolute atomic E-state index is 3.86. The molecule has 148 valence electrons. The van der Waals surface area contributed by atoms with Gasteiger partial charge < -0.3 is 24.8 Å². The second kappa shape index (κ2) is 8.27. The van der Waals surface area contributed by atoms with Gasteiger partial charge in [-0.25, -0.2) is 0 Å². The van der Waals surface area contributed by atoms with Crippen LogP contribution in [0.1, 0.15) is 0 Å². The molecule has 3 heterocycles. The van der Waals surface area contributed by atoms with Crippen molar-refractivity contribution < 1.29 is 48.0 Å². The first-order valence-electron chi connectivity index (χ1n) is 8.95. The standard InChI is InChI=1S/C22H10Br2S3.2ClH.Zr/c23-17-3-1-11-13-5-7-25-19(13)9-15(11)21(17)27-22-16-10-20-14(6-8-26-20)12(16)2-4-18(22)24;;;/h1-4,7-10,19-20H;2*1H;/q;;;+2/p-2. The summed E-state index contributed by atoms with van der Waals surface area (Å²) >= 11 is 12.8. The third-order valence-corrected chi connectivity index (χ3v) is 15.4. The number of halogens is 4. The van der Waals surface area contributed by atoms with Crippen LogP contribution in [0.15, 0.2) is 60.4 Å². The van der Waals surface area contributed by atoms with Crippen LogP contribution in [-0.4, -0.2) is 10.5 Å². The van der Waals surface area contributed by atoms with Gasteiger partial charge in [-0.15, -0.1) is 0 Å². The van der Waals surface area contributed by atoms with E-state index in [0.717, 1.165) is 0 Å². The van der Waals surface area contributed by atoms with Gasteiger partial charge in [-0.3, -0.25) is 0 Å². The van der Waals surface area contributed by atoms with Crippen molar-refractivity contribution in [3.05, 3.63) is 71.5 Å². The zero-order valence-corrected chi connectivity index (χ0v) is 24.6. The smallest absolute Gasteiger partial charge is 1.00 e. The van der Waals surface area contributed by atoms with E-state index in [1.54, 1.807) is 17.7 Å². The molecule has 8 bridgehead atoms. The normalized spacial score (nSPS) is 22.9. The summed E-state index contributed by atoms with van der Waals surface area (Å²) in [4.78, 5) is 2.72. The molecular weight excluding hydrogens is 682 g/mol. The fourth-order valence-electron chi connectivity index (χ4n) is 4.59. The number of hydrogen-bond donors (Lipinski definition) is 0. The minimum absolute atomic E-state index is 0. The number of thioether (sulfide) groups is 2. The van der Waals surface area contributed by atoms with Gasteiger partial charge in [0, 0.05) is 0 Å². The Morgan fingerprint density at radius 2 is 1.17 bits per heavy atom. The van der Waals surface area contributed by atoms with E-state index in [1.807, 2.05) is 35.3 Å². The van der Waals surface area contributed by atoms with Gasteiger partial charge >= 0.3 is 205 Å². The summed E-state index contributed by atoms with van der Waals surface area (Å²) in [6.45, 7) is 0. The van der Waals surface area contributed by atoms with Crippen LogP contribution in [0.4, 0.5) is 0 Å². The van der Waals surface area contributed by atoms with Crippen molar-refractivity contribution in [3.63, 3.8) is 0 Å². The van der Waals surface area contributed by atoms with E-state index in [4.69, 9.17) is 0 Å². The quantitative estimate of drug-likeness (QED) is 0.323. The molecular formula is C22H10Br2Cl2S3Zr. The molecule has 30 heavy (non-hydrogen) atoms. The summed E-state index contributed by atoms with van der Waals surface area (Å²) < 4.78 is 5.76. The van der Waals surface area contributed by atoms with Gasteiger partial charge in [0.1, 0.15) is 0 Å². The molecule has 7 rings (SSSR count). The van der Waals surface area contributed by atoms with Crippen LogP contribution >= 0.6 is 67.1 Å². The third kappa shape index (κ3) is 3.11. The molecule has 0 radical (unpaired) electrons. The Labute approximate surface area is 227 Å². The summed E-state index contributed by atoms with van der Waals surface area (Å²) in [5.74, 6) is 0. The van der Waals surface area contributed by atoms with Gasteiger partial charge in [0.25, 0.3) is 0 Å². The van der Waals surface area contributed by atoms with E-state index in [9.17, 15) is 0 Å². The summed E-state index contributed by atoms with van der Waals surface area (Å²) in [7, 11) is 0. The third-order valence-electron chi connectivity index (χ3n) is 5.80. The fourth-order valence-corrected chi connectivity index (χ4v) is 14.2. The molecule has 2 aromatic rings. The Balaban J connectivity index is 0.000000963. The molecule has 0 nitrogen and oxygen atoms in total. The Bertz CT molecular complexity index is 1350. The first-order valence-corrected chi connectivity index (χ1v) is 15.7. The summed E-state index contributed by atoms with van der Waals surface area (Å²) in [6, 6.07) is 9.18. The number of rotatable bonds is 0. The molecule has 0 amide bonds. The van der Waals surface area contributed by atoms with E-state index >= 15 is 0 Å². The summed E-state index contributed by atoms with van der Waals surface area (Å²) in [5.41, 5.74) is 3.22. The van der Waals surface area contributed by atoms with E-state index in [0.29, 0.717) is 10.5 Å². The zero-order valence-electron chi connectivity index (χ0n) is 15.0. The van der Waals surface area contributed by atoms with Crippen molar-refractivity contribution in [2.45, 2.75) is 20.3 Å². The molecule has 2 aromatic carbocycles. The van der Waals surface area contributed by atoms with Crippen molar-refractivity contribution >= 4 is 90.4 Å². The maximum Gasteiger partial charge on any atom is -1.00 e. The van der Waals surface area contributed by atoms with Crippen molar-refractivity contribution in [1.29, 1.82) is 0 Å². The maximum atomic E-state index is 3.86. The van der Waals surface area contributed by atoms with Gasteiger partial charge in [0.15, 0.2) is 0 Å². The SMILES string of the molecule is Brc1ccc2c3c1Sc1c(Br)ccc4c1=CC1SC=[C]([Zr+2][C]5=CSC(C=3)C=25)C=41.[Cl-].[Cl-]. The molecule has 0 saturated carbocycles. The number of benzene rings is 2. The van der Waals surface area contributed by atoms with Crippen LogP contribution in [0.2, 0.25) is 0 Å². The number of allylic oxidation sites excluding steroid dienone is 2. The molecule has 3 aliphatic heterocycles. The van der Waals surface area contributed by atoms with E-state index < -0.39 is 23.2 Å². The molecule has 2 unspecified atom stereocenters. The van der Waals surface area contributed by atoms with E-state index in [-0.39, 0.29) is 24.8 Å². The van der Waals surface area contributed by atoms with Gasteiger partial charge in [0.2, 0.25) is 0 Å². The predicted octanol–water partition coefficient (Wildman–Crippen LogP) is -1.73. The Morgan fingerprint density at radius 1 is 0.700 bits per heavy atom. The van der Waals surface area contributed by atoms with Gasteiger partial charge in [-0.05, 0) is 0 Å². The summed E-state index contributed by atoms with van der Waals surface area (Å²) in [6.07, 6.45) is 5.00. The van der Waals surface area contributed by atoms with Gasteiger partial charge in [-0.1, -0.05) is 0 Å². The van der Waals surface area contributed by atoms with Crippen LogP contribution in [0.3, 0.4) is 0 Å². The molecule has 0 aromatic heterocycles. The average molecular weight is 692 g/mol. The van der Waals surface area contributed by atoms with Crippen molar-refractivity contribution in [1.82, 2.24) is 0 Å². The minimum Gasteiger partial charge on any atom is -1.00 e. The van der Waals surface area contributed by atoms with Crippen LogP contribution in [0.5, 0.6) is 0 Å². The molecule has 0 fully saturated rings. The molecule has 8 heteroatoms. The van der Waals surface area contributed by atoms with Crippen LogP contribution in [-0.2, 0) is 23.2 Å². The Hall–Kier alpha value is 0.873. The first kappa shape index (κ1) is 22.7. The second-order valence-electron chi connectivity index (χ2n) is 7.24. The summed E-state index contributed by atoms with van der Waals surface area (Å²) in [5, 5.41) is 11.8. The van der Waals surface area contributed by atoms with Gasteiger partial charge in [-0.2, -0.15) is 0 Å². The Kier molecular flexibility index (Phi) is 6.25. The zero-order chi connectivity index (χ0) is 18.6. The van der Waals surface area contributed by atoms with Crippen LogP contribution < -0.4 is 45.7 Å². The monoisotopic (exact) mass is 688 g/mol. The van der Waals surface area contributed by atoms with E-state index in [2.05, 4.69) is 79.1 Å². The minimum atomic E-state index is -0.835. The topological polar surface area (TPSA) is 0 Å². The van der Waals surface area contributed by atoms with Gasteiger partial charge in [0.05, 0.1) is 0 Å². The largest absolute Gasteiger partial charge is 1.00 e.